The molecule has 0 atom stereocenters. The maximum atomic E-state index is 12.4. The number of benzene rings is 1. The van der Waals surface area contributed by atoms with Gasteiger partial charge < -0.3 is 10.2 Å². The van der Waals surface area contributed by atoms with Gasteiger partial charge in [-0.05, 0) is 37.1 Å². The van der Waals surface area contributed by atoms with Crippen LogP contribution < -0.4 is 5.32 Å². The molecule has 3 rings (SSSR count). The smallest absolute Gasteiger partial charge is 0.253 e. The molecule has 2 heterocycles. The molecule has 0 unspecified atom stereocenters. The molecule has 0 aliphatic carbocycles. The summed E-state index contributed by atoms with van der Waals surface area (Å²) in [5.41, 5.74) is 3.15. The molecule has 1 aromatic heterocycles. The first kappa shape index (κ1) is 18.7. The van der Waals surface area contributed by atoms with Crippen LogP contribution in [0, 0.1) is 6.92 Å². The summed E-state index contributed by atoms with van der Waals surface area (Å²) < 4.78 is 0. The minimum atomic E-state index is 0. The normalized spacial score (nSPS) is 11.7. The zero-order chi connectivity index (χ0) is 14.1. The highest BCUT2D eigenvalue weighted by Crippen LogP contribution is 2.24. The molecule has 0 spiro atoms. The molecule has 0 saturated heterocycles. The third-order valence-corrected chi connectivity index (χ3v) is 4.37. The van der Waals surface area contributed by atoms with Gasteiger partial charge in [-0.3, -0.25) is 4.79 Å². The van der Waals surface area contributed by atoms with Crippen LogP contribution in [-0.4, -0.2) is 29.4 Å². The number of nitrogens with one attached hydrogen (secondary N) is 1. The van der Waals surface area contributed by atoms with Crippen molar-refractivity contribution in [2.45, 2.75) is 19.9 Å². The fourth-order valence-electron chi connectivity index (χ4n) is 2.44. The molecule has 22 heavy (non-hydrogen) atoms. The van der Waals surface area contributed by atoms with Crippen molar-refractivity contribution in [2.24, 2.45) is 0 Å². The van der Waals surface area contributed by atoms with Gasteiger partial charge in [0.1, 0.15) is 0 Å². The highest BCUT2D eigenvalue weighted by atomic mass is 35.5. The van der Waals surface area contributed by atoms with Crippen LogP contribution in [0.3, 0.4) is 0 Å². The molecule has 7 heteroatoms. The Kier molecular flexibility index (Phi) is 6.66. The summed E-state index contributed by atoms with van der Waals surface area (Å²) in [6.45, 7) is 3.55. The van der Waals surface area contributed by atoms with E-state index in [1.54, 1.807) is 16.2 Å². The van der Waals surface area contributed by atoms with Crippen molar-refractivity contribution in [1.82, 2.24) is 9.88 Å². The maximum absolute atomic E-state index is 12.4. The van der Waals surface area contributed by atoms with Gasteiger partial charge in [-0.25, -0.2) is 4.98 Å². The van der Waals surface area contributed by atoms with E-state index in [-0.39, 0.29) is 30.7 Å². The number of halogens is 2. The molecule has 4 nitrogen and oxygen atoms in total. The number of carbonyl (C=O) groups is 1. The van der Waals surface area contributed by atoms with E-state index in [0.717, 1.165) is 34.1 Å². The van der Waals surface area contributed by atoms with E-state index >= 15 is 0 Å². The predicted octanol–water partition coefficient (Wildman–Crippen LogP) is 3.54. The van der Waals surface area contributed by atoms with Gasteiger partial charge in [0.25, 0.3) is 5.91 Å². The van der Waals surface area contributed by atoms with Gasteiger partial charge in [0, 0.05) is 35.9 Å². The molecule has 0 bridgehead atoms. The molecule has 1 aromatic carbocycles. The number of nitrogens with zero attached hydrogens (tertiary/aromatic N) is 2. The summed E-state index contributed by atoms with van der Waals surface area (Å²) in [5, 5.41) is 4.34. The molecule has 0 fully saturated rings. The van der Waals surface area contributed by atoms with Crippen molar-refractivity contribution in [1.29, 1.82) is 0 Å². The number of aromatic nitrogens is 1. The number of amides is 1. The number of carbonyl (C=O) groups excluding carboxylic acids is 1. The molecule has 0 saturated carbocycles. The van der Waals surface area contributed by atoms with Gasteiger partial charge >= 0.3 is 0 Å². The van der Waals surface area contributed by atoms with Crippen molar-refractivity contribution >= 4 is 47.7 Å². The Balaban J connectivity index is 0.00000121. The predicted molar refractivity (Wildman–Crippen MR) is 95.8 cm³/mol. The molecule has 1 N–H and O–H groups in total. The Bertz CT molecular complexity index is 660. The third kappa shape index (κ3) is 3.91. The van der Waals surface area contributed by atoms with E-state index < -0.39 is 0 Å². The molecule has 1 aliphatic heterocycles. The van der Waals surface area contributed by atoms with E-state index in [2.05, 4.69) is 10.3 Å². The van der Waals surface area contributed by atoms with Crippen LogP contribution >= 0.6 is 36.2 Å². The highest BCUT2D eigenvalue weighted by molar-refractivity contribution is 7.11. The first-order valence-electron chi connectivity index (χ1n) is 6.67. The van der Waals surface area contributed by atoms with E-state index in [4.69, 9.17) is 0 Å². The Morgan fingerprint density at radius 1 is 1.41 bits per heavy atom. The zero-order valence-corrected chi connectivity index (χ0v) is 14.9. The topological polar surface area (TPSA) is 45.2 Å². The van der Waals surface area contributed by atoms with E-state index in [0.29, 0.717) is 6.54 Å². The lowest BCUT2D eigenvalue weighted by atomic mass is 10.1. The number of hydrogen-bond donors (Lipinski definition) is 1. The molecular formula is C15H19Cl2N3OS. The van der Waals surface area contributed by atoms with Crippen molar-refractivity contribution in [3.05, 3.63) is 45.4 Å². The summed E-state index contributed by atoms with van der Waals surface area (Å²) in [6, 6.07) is 5.90. The Morgan fingerprint density at radius 2 is 2.18 bits per heavy atom. The van der Waals surface area contributed by atoms with Gasteiger partial charge in [0.15, 0.2) is 0 Å². The average Bonchev–Trinajstić information content (AvgIpc) is 3.05. The minimum Gasteiger partial charge on any atom is -0.384 e. The van der Waals surface area contributed by atoms with Crippen molar-refractivity contribution < 1.29 is 4.79 Å². The van der Waals surface area contributed by atoms with Gasteiger partial charge in [-0.2, -0.15) is 0 Å². The zero-order valence-electron chi connectivity index (χ0n) is 12.5. The van der Waals surface area contributed by atoms with Crippen LogP contribution in [0.2, 0.25) is 0 Å². The first-order valence-corrected chi connectivity index (χ1v) is 7.49. The second kappa shape index (κ2) is 7.81. The van der Waals surface area contributed by atoms with Gasteiger partial charge in [0.05, 0.1) is 11.6 Å². The number of fused-ring (bicyclic) bond motifs is 1. The molecule has 2 aromatic rings. The van der Waals surface area contributed by atoms with E-state index in [1.807, 2.05) is 38.4 Å². The first-order chi connectivity index (χ1) is 9.63. The summed E-state index contributed by atoms with van der Waals surface area (Å²) in [4.78, 5) is 19.5. The van der Waals surface area contributed by atoms with Gasteiger partial charge in [-0.1, -0.05) is 0 Å². The largest absolute Gasteiger partial charge is 0.384 e. The molecular weight excluding hydrogens is 341 g/mol. The minimum absolute atomic E-state index is 0. The van der Waals surface area contributed by atoms with Crippen LogP contribution in [0.5, 0.6) is 0 Å². The Morgan fingerprint density at radius 3 is 2.86 bits per heavy atom. The van der Waals surface area contributed by atoms with E-state index in [9.17, 15) is 4.79 Å². The molecule has 120 valence electrons. The van der Waals surface area contributed by atoms with Crippen molar-refractivity contribution in [3.8, 4) is 0 Å². The summed E-state index contributed by atoms with van der Waals surface area (Å²) in [7, 11) is 1.84. The Hall–Kier alpha value is -1.30. The standard InChI is InChI=1S/C15H17N3OS.2ClH/c1-10-17-8-13(20-10)9-18(2)15(19)12-3-4-14-11(7-12)5-6-16-14;;/h3-4,7-8,16H,5-6,9H2,1-2H3;2*1H. The van der Waals surface area contributed by atoms with Crippen molar-refractivity contribution in [3.63, 3.8) is 0 Å². The van der Waals surface area contributed by atoms with Gasteiger partial charge in [-0.15, -0.1) is 36.2 Å². The van der Waals surface area contributed by atoms with Crippen LogP contribution in [0.25, 0.3) is 0 Å². The average molecular weight is 360 g/mol. The lowest BCUT2D eigenvalue weighted by molar-refractivity contribution is 0.0786. The van der Waals surface area contributed by atoms with Gasteiger partial charge in [0.2, 0.25) is 0 Å². The number of rotatable bonds is 3. The number of thiazole rings is 1. The maximum Gasteiger partial charge on any atom is 0.253 e. The second-order valence-corrected chi connectivity index (χ2v) is 6.37. The lowest BCUT2D eigenvalue weighted by Crippen LogP contribution is -2.25. The van der Waals surface area contributed by atoms with Crippen LogP contribution in [0.15, 0.2) is 24.4 Å². The van der Waals surface area contributed by atoms with Crippen LogP contribution in [0.4, 0.5) is 5.69 Å². The number of anilines is 1. The number of hydrogen-bond acceptors (Lipinski definition) is 4. The highest BCUT2D eigenvalue weighted by Gasteiger charge is 2.16. The molecule has 0 radical (unpaired) electrons. The fourth-order valence-corrected chi connectivity index (χ4v) is 3.29. The molecule has 1 amide bonds. The summed E-state index contributed by atoms with van der Waals surface area (Å²) in [5.74, 6) is 0.0609. The van der Waals surface area contributed by atoms with Crippen LogP contribution in [0.1, 0.15) is 25.8 Å². The Labute approximate surface area is 146 Å². The van der Waals surface area contributed by atoms with Crippen molar-refractivity contribution in [2.75, 3.05) is 18.9 Å². The monoisotopic (exact) mass is 359 g/mol. The second-order valence-electron chi connectivity index (χ2n) is 5.06. The molecule has 1 aliphatic rings. The van der Waals surface area contributed by atoms with E-state index in [1.165, 1.54) is 5.56 Å². The lowest BCUT2D eigenvalue weighted by Gasteiger charge is -2.16. The summed E-state index contributed by atoms with van der Waals surface area (Å²) >= 11 is 1.63. The quantitative estimate of drug-likeness (QED) is 0.911. The SMILES string of the molecule is Cc1ncc(CN(C)C(=O)c2ccc3c(c2)CCN3)s1.Cl.Cl. The third-order valence-electron chi connectivity index (χ3n) is 3.47. The number of aryl methyl sites for hydroxylation is 1. The summed E-state index contributed by atoms with van der Waals surface area (Å²) in [6.07, 6.45) is 2.84. The fraction of sp³-hybridized carbons (Fsp3) is 0.333. The van der Waals surface area contributed by atoms with Crippen LogP contribution in [-0.2, 0) is 13.0 Å².